The zero-order valence-corrected chi connectivity index (χ0v) is 10.5. The van der Waals surface area contributed by atoms with Gasteiger partial charge < -0.3 is 9.64 Å². The molecular weight excluding hydrogens is 224 g/mol. The van der Waals surface area contributed by atoms with Gasteiger partial charge >= 0.3 is 0 Å². The van der Waals surface area contributed by atoms with Gasteiger partial charge in [0.15, 0.2) is 0 Å². The van der Waals surface area contributed by atoms with Crippen molar-refractivity contribution in [2.75, 3.05) is 24.7 Å². The molecule has 16 heavy (non-hydrogen) atoms. The Morgan fingerprint density at radius 3 is 3.12 bits per heavy atom. The molecule has 3 nitrogen and oxygen atoms in total. The van der Waals surface area contributed by atoms with Gasteiger partial charge in [0.05, 0.1) is 19.1 Å². The van der Waals surface area contributed by atoms with Crippen molar-refractivity contribution in [1.29, 1.82) is 0 Å². The second-order valence-electron chi connectivity index (χ2n) is 4.21. The van der Waals surface area contributed by atoms with Crippen LogP contribution in [0.15, 0.2) is 12.3 Å². The van der Waals surface area contributed by atoms with Crippen molar-refractivity contribution >= 4 is 17.3 Å². The lowest BCUT2D eigenvalue weighted by molar-refractivity contribution is 0.0989. The Kier molecular flexibility index (Phi) is 3.66. The molecule has 2 rings (SSSR count). The molecule has 1 aliphatic rings. The Morgan fingerprint density at radius 2 is 2.44 bits per heavy atom. The van der Waals surface area contributed by atoms with Crippen LogP contribution in [0.3, 0.4) is 0 Å². The van der Waals surface area contributed by atoms with Gasteiger partial charge in [-0.15, -0.1) is 11.6 Å². The first-order valence-corrected chi connectivity index (χ1v) is 6.11. The number of hydrogen-bond acceptors (Lipinski definition) is 3. The number of morpholine rings is 1. The third-order valence-electron chi connectivity index (χ3n) is 2.92. The quantitative estimate of drug-likeness (QED) is 0.742. The molecule has 2 heterocycles. The Hall–Kier alpha value is -0.800. The molecule has 1 aromatic rings. The predicted molar refractivity (Wildman–Crippen MR) is 66.2 cm³/mol. The van der Waals surface area contributed by atoms with Crippen molar-refractivity contribution < 1.29 is 4.74 Å². The molecule has 0 spiro atoms. The normalized spacial score (nSPS) is 21.2. The van der Waals surface area contributed by atoms with E-state index in [1.165, 1.54) is 5.69 Å². The van der Waals surface area contributed by atoms with Crippen LogP contribution in [-0.4, -0.2) is 30.8 Å². The fourth-order valence-corrected chi connectivity index (χ4v) is 2.23. The third-order valence-corrected chi connectivity index (χ3v) is 3.21. The number of pyridine rings is 1. The number of nitrogens with zero attached hydrogens (tertiary/aromatic N) is 2. The first-order chi connectivity index (χ1) is 7.72. The maximum Gasteiger partial charge on any atom is 0.0668 e. The van der Waals surface area contributed by atoms with Gasteiger partial charge in [0.1, 0.15) is 0 Å². The number of anilines is 1. The average Bonchev–Trinajstić information content (AvgIpc) is 2.29. The van der Waals surface area contributed by atoms with Crippen LogP contribution in [0.5, 0.6) is 0 Å². The standard InChI is InChI=1S/C12H17ClN2O/c1-9-5-12(11(6-13)7-14-9)15-3-4-16-8-10(15)2/h5,7,10H,3-4,6,8H2,1-2H3. The Bertz CT molecular complexity index is 370. The lowest BCUT2D eigenvalue weighted by Crippen LogP contribution is -2.44. The molecule has 0 aliphatic carbocycles. The smallest absolute Gasteiger partial charge is 0.0668 e. The number of hydrogen-bond donors (Lipinski definition) is 0. The Labute approximate surface area is 101 Å². The summed E-state index contributed by atoms with van der Waals surface area (Å²) >= 11 is 5.95. The summed E-state index contributed by atoms with van der Waals surface area (Å²) in [5.41, 5.74) is 3.34. The van der Waals surface area contributed by atoms with E-state index in [0.29, 0.717) is 11.9 Å². The van der Waals surface area contributed by atoms with Gasteiger partial charge in [-0.05, 0) is 19.9 Å². The van der Waals surface area contributed by atoms with Crippen LogP contribution in [0.2, 0.25) is 0 Å². The summed E-state index contributed by atoms with van der Waals surface area (Å²) in [5.74, 6) is 0.507. The number of aromatic nitrogens is 1. The summed E-state index contributed by atoms with van der Waals surface area (Å²) in [5, 5.41) is 0. The number of halogens is 1. The lowest BCUT2D eigenvalue weighted by atomic mass is 10.1. The van der Waals surface area contributed by atoms with Crippen molar-refractivity contribution in [3.05, 3.63) is 23.5 Å². The molecule has 4 heteroatoms. The number of aryl methyl sites for hydroxylation is 1. The molecule has 0 radical (unpaired) electrons. The molecule has 1 aliphatic heterocycles. The highest BCUT2D eigenvalue weighted by atomic mass is 35.5. The second-order valence-corrected chi connectivity index (χ2v) is 4.47. The Morgan fingerprint density at radius 1 is 1.62 bits per heavy atom. The molecule has 1 fully saturated rings. The van der Waals surface area contributed by atoms with Crippen LogP contribution in [0, 0.1) is 6.92 Å². The van der Waals surface area contributed by atoms with E-state index in [2.05, 4.69) is 22.9 Å². The van der Waals surface area contributed by atoms with E-state index in [1.54, 1.807) is 0 Å². The minimum Gasteiger partial charge on any atom is -0.377 e. The van der Waals surface area contributed by atoms with Crippen molar-refractivity contribution in [1.82, 2.24) is 4.98 Å². The van der Waals surface area contributed by atoms with E-state index in [0.717, 1.165) is 31.0 Å². The highest BCUT2D eigenvalue weighted by Crippen LogP contribution is 2.25. The lowest BCUT2D eigenvalue weighted by Gasteiger charge is -2.36. The Balaban J connectivity index is 2.33. The van der Waals surface area contributed by atoms with Gasteiger partial charge in [0.25, 0.3) is 0 Å². The van der Waals surface area contributed by atoms with Crippen LogP contribution < -0.4 is 4.90 Å². The van der Waals surface area contributed by atoms with Crippen molar-refractivity contribution in [2.24, 2.45) is 0 Å². The molecule has 1 atom stereocenters. The maximum atomic E-state index is 5.95. The fraction of sp³-hybridized carbons (Fsp3) is 0.583. The van der Waals surface area contributed by atoms with Crippen molar-refractivity contribution in [3.8, 4) is 0 Å². The van der Waals surface area contributed by atoms with Gasteiger partial charge in [0, 0.05) is 35.7 Å². The van der Waals surface area contributed by atoms with Crippen molar-refractivity contribution in [3.63, 3.8) is 0 Å². The number of ether oxygens (including phenoxy) is 1. The van der Waals surface area contributed by atoms with Crippen LogP contribution >= 0.6 is 11.6 Å². The van der Waals surface area contributed by atoms with E-state index >= 15 is 0 Å². The summed E-state index contributed by atoms with van der Waals surface area (Å²) in [6, 6.07) is 2.51. The molecule has 0 bridgehead atoms. The predicted octanol–water partition coefficient (Wildman–Crippen LogP) is 2.35. The van der Waals surface area contributed by atoms with Gasteiger partial charge in [-0.1, -0.05) is 0 Å². The summed E-state index contributed by atoms with van der Waals surface area (Å²) in [6.07, 6.45) is 1.87. The van der Waals surface area contributed by atoms with Crippen molar-refractivity contribution in [2.45, 2.75) is 25.8 Å². The molecule has 1 unspecified atom stereocenters. The SMILES string of the molecule is Cc1cc(N2CCOCC2C)c(CCl)cn1. The van der Waals surface area contributed by atoms with Gasteiger partial charge in [-0.2, -0.15) is 0 Å². The fourth-order valence-electron chi connectivity index (χ4n) is 2.03. The molecule has 0 saturated carbocycles. The van der Waals surface area contributed by atoms with E-state index in [-0.39, 0.29) is 0 Å². The summed E-state index contributed by atoms with van der Waals surface area (Å²) in [6.45, 7) is 6.67. The van der Waals surface area contributed by atoms with Gasteiger partial charge in [0.2, 0.25) is 0 Å². The monoisotopic (exact) mass is 240 g/mol. The molecule has 1 aromatic heterocycles. The van der Waals surface area contributed by atoms with E-state index in [9.17, 15) is 0 Å². The molecule has 1 saturated heterocycles. The first kappa shape index (κ1) is 11.7. The van der Waals surface area contributed by atoms with Crippen LogP contribution in [0.1, 0.15) is 18.2 Å². The summed E-state index contributed by atoms with van der Waals surface area (Å²) < 4.78 is 5.45. The third kappa shape index (κ3) is 2.30. The summed E-state index contributed by atoms with van der Waals surface area (Å²) in [7, 11) is 0. The average molecular weight is 241 g/mol. The van der Waals surface area contributed by atoms with Crippen LogP contribution in [0.25, 0.3) is 0 Å². The molecule has 0 N–H and O–H groups in total. The minimum absolute atomic E-state index is 0.400. The topological polar surface area (TPSA) is 25.4 Å². The molecule has 0 aromatic carbocycles. The van der Waals surface area contributed by atoms with Gasteiger partial charge in [-0.25, -0.2) is 0 Å². The van der Waals surface area contributed by atoms with Crippen LogP contribution in [-0.2, 0) is 10.6 Å². The zero-order valence-electron chi connectivity index (χ0n) is 9.74. The van der Waals surface area contributed by atoms with Gasteiger partial charge in [-0.3, -0.25) is 4.98 Å². The molecule has 0 amide bonds. The zero-order chi connectivity index (χ0) is 11.5. The number of alkyl halides is 1. The maximum absolute atomic E-state index is 5.95. The minimum atomic E-state index is 0.400. The first-order valence-electron chi connectivity index (χ1n) is 5.58. The highest BCUT2D eigenvalue weighted by Gasteiger charge is 2.21. The molecule has 88 valence electrons. The number of rotatable bonds is 2. The van der Waals surface area contributed by atoms with E-state index in [1.807, 2.05) is 13.1 Å². The highest BCUT2D eigenvalue weighted by molar-refractivity contribution is 6.17. The summed E-state index contributed by atoms with van der Waals surface area (Å²) in [4.78, 5) is 6.65. The van der Waals surface area contributed by atoms with E-state index < -0.39 is 0 Å². The molecular formula is C12H17ClN2O. The second kappa shape index (κ2) is 5.02. The van der Waals surface area contributed by atoms with Crippen LogP contribution in [0.4, 0.5) is 5.69 Å². The largest absolute Gasteiger partial charge is 0.377 e. The van der Waals surface area contributed by atoms with E-state index in [4.69, 9.17) is 16.3 Å².